The first-order valence-electron chi connectivity index (χ1n) is 12.4. The van der Waals surface area contributed by atoms with Crippen LogP contribution in [0.2, 0.25) is 0 Å². The summed E-state index contributed by atoms with van der Waals surface area (Å²) in [7, 11) is 0. The van der Waals surface area contributed by atoms with Crippen molar-refractivity contribution in [1.82, 2.24) is 16.0 Å². The number of carboxylic acid groups (broad SMARTS) is 2. The van der Waals surface area contributed by atoms with Gasteiger partial charge in [0.15, 0.2) is 0 Å². The van der Waals surface area contributed by atoms with E-state index in [4.69, 9.17) is 16.6 Å². The van der Waals surface area contributed by atoms with Gasteiger partial charge in [-0.05, 0) is 62.6 Å². The van der Waals surface area contributed by atoms with Gasteiger partial charge in [-0.3, -0.25) is 19.2 Å². The molecule has 3 amide bonds. The quantitative estimate of drug-likeness (QED) is 0.112. The number of carboxylic acids is 2. The third-order valence-corrected chi connectivity index (χ3v) is 6.36. The lowest BCUT2D eigenvalue weighted by atomic mass is 10.0. The highest BCUT2D eigenvalue weighted by Gasteiger charge is 2.30. The number of rotatable bonds is 19. The molecule has 9 N–H and O–H groups in total. The Kier molecular flexibility index (Phi) is 15.7. The van der Waals surface area contributed by atoms with Crippen molar-refractivity contribution < 1.29 is 34.2 Å². The van der Waals surface area contributed by atoms with Crippen molar-refractivity contribution in [2.75, 3.05) is 18.6 Å². The third-order valence-electron chi connectivity index (χ3n) is 5.72. The number of unbranched alkanes of at least 4 members (excludes halogenated alkanes) is 1. The van der Waals surface area contributed by atoms with Crippen LogP contribution in [0.3, 0.4) is 0 Å². The first-order valence-corrected chi connectivity index (χ1v) is 13.8. The molecule has 0 spiro atoms. The molecular weight excluding hydrogens is 514 g/mol. The summed E-state index contributed by atoms with van der Waals surface area (Å²) in [6.45, 7) is 0.404. The van der Waals surface area contributed by atoms with E-state index < -0.39 is 60.2 Å². The Morgan fingerprint density at radius 3 is 1.97 bits per heavy atom. The molecule has 1 aromatic carbocycles. The highest BCUT2D eigenvalue weighted by molar-refractivity contribution is 7.98. The molecule has 4 unspecified atom stereocenters. The van der Waals surface area contributed by atoms with Crippen molar-refractivity contribution in [1.29, 1.82) is 0 Å². The molecule has 0 aliphatic carbocycles. The lowest BCUT2D eigenvalue weighted by Gasteiger charge is -2.25. The number of amides is 3. The molecule has 0 bridgehead atoms. The molecule has 0 radical (unpaired) electrons. The second kappa shape index (κ2) is 18.2. The van der Waals surface area contributed by atoms with E-state index in [1.807, 2.05) is 36.6 Å². The number of benzene rings is 1. The number of nitrogens with two attached hydrogens (primary N) is 2. The largest absolute Gasteiger partial charge is 0.481 e. The van der Waals surface area contributed by atoms with Crippen LogP contribution >= 0.6 is 11.8 Å². The van der Waals surface area contributed by atoms with Crippen molar-refractivity contribution in [3.05, 3.63) is 35.9 Å². The van der Waals surface area contributed by atoms with E-state index in [9.17, 15) is 29.1 Å². The highest BCUT2D eigenvalue weighted by Crippen LogP contribution is 2.08. The molecule has 0 aliphatic rings. The molecule has 212 valence electrons. The molecule has 0 aliphatic heterocycles. The van der Waals surface area contributed by atoms with Gasteiger partial charge in [0.25, 0.3) is 0 Å². The Morgan fingerprint density at radius 2 is 1.42 bits per heavy atom. The van der Waals surface area contributed by atoms with Crippen LogP contribution in [0.4, 0.5) is 0 Å². The standard InChI is InChI=1S/C25H39N5O7S/c1-38-14-12-19(24(35)30-20(25(36)37)10-11-21(31)32)29-23(34)18(9-5-6-13-26)28-22(33)17(27)15-16-7-3-2-4-8-16/h2-4,7-8,17-20H,5-6,9-15,26-27H2,1H3,(H,28,33)(H,29,34)(H,30,35)(H,31,32)(H,36,37). The summed E-state index contributed by atoms with van der Waals surface area (Å²) >= 11 is 1.43. The van der Waals surface area contributed by atoms with Crippen LogP contribution in [-0.4, -0.2) is 82.6 Å². The van der Waals surface area contributed by atoms with E-state index in [1.165, 1.54) is 11.8 Å². The molecular formula is C25H39N5O7S. The molecule has 1 aromatic rings. The number of carbonyl (C=O) groups excluding carboxylic acids is 3. The average Bonchev–Trinajstić information content (AvgIpc) is 2.88. The zero-order valence-electron chi connectivity index (χ0n) is 21.6. The second-order valence-electron chi connectivity index (χ2n) is 8.82. The Bertz CT molecular complexity index is 919. The molecule has 13 heteroatoms. The summed E-state index contributed by atoms with van der Waals surface area (Å²) in [5.74, 6) is -3.98. The fraction of sp³-hybridized carbons (Fsp3) is 0.560. The summed E-state index contributed by atoms with van der Waals surface area (Å²) in [5.41, 5.74) is 12.5. The molecule has 0 saturated carbocycles. The molecule has 4 atom stereocenters. The van der Waals surface area contributed by atoms with Gasteiger partial charge < -0.3 is 37.6 Å². The predicted octanol–water partition coefficient (Wildman–Crippen LogP) is -0.158. The first-order chi connectivity index (χ1) is 18.1. The van der Waals surface area contributed by atoms with Gasteiger partial charge in [-0.2, -0.15) is 11.8 Å². The van der Waals surface area contributed by atoms with Gasteiger partial charge in [0.05, 0.1) is 6.04 Å². The van der Waals surface area contributed by atoms with E-state index in [1.54, 1.807) is 0 Å². The summed E-state index contributed by atoms with van der Waals surface area (Å²) < 4.78 is 0. The zero-order chi connectivity index (χ0) is 28.5. The van der Waals surface area contributed by atoms with Gasteiger partial charge >= 0.3 is 11.9 Å². The third kappa shape index (κ3) is 12.9. The summed E-state index contributed by atoms with van der Waals surface area (Å²) in [5, 5.41) is 25.8. The number of aliphatic carboxylic acids is 2. The maximum atomic E-state index is 13.2. The normalized spacial score (nSPS) is 14.0. The topological polar surface area (TPSA) is 214 Å². The van der Waals surface area contributed by atoms with Crippen molar-refractivity contribution in [2.24, 2.45) is 11.5 Å². The molecule has 0 fully saturated rings. The van der Waals surface area contributed by atoms with Crippen molar-refractivity contribution in [3.63, 3.8) is 0 Å². The van der Waals surface area contributed by atoms with Crippen LogP contribution in [0, 0.1) is 0 Å². The highest BCUT2D eigenvalue weighted by atomic mass is 32.2. The van der Waals surface area contributed by atoms with Crippen LogP contribution in [0.1, 0.15) is 44.1 Å². The van der Waals surface area contributed by atoms with Gasteiger partial charge in [0.1, 0.15) is 18.1 Å². The Hall–Kier alpha value is -3.16. The van der Waals surface area contributed by atoms with Gasteiger partial charge in [0, 0.05) is 6.42 Å². The molecule has 0 aromatic heterocycles. The van der Waals surface area contributed by atoms with Crippen molar-refractivity contribution in [3.8, 4) is 0 Å². The average molecular weight is 554 g/mol. The summed E-state index contributed by atoms with van der Waals surface area (Å²) in [4.78, 5) is 61.2. The van der Waals surface area contributed by atoms with E-state index in [-0.39, 0.29) is 25.7 Å². The van der Waals surface area contributed by atoms with Crippen LogP contribution in [0.5, 0.6) is 0 Å². The Balaban J connectivity index is 2.94. The van der Waals surface area contributed by atoms with E-state index >= 15 is 0 Å². The van der Waals surface area contributed by atoms with Crippen LogP contribution in [0.25, 0.3) is 0 Å². The maximum absolute atomic E-state index is 13.2. The van der Waals surface area contributed by atoms with Gasteiger partial charge in [0.2, 0.25) is 17.7 Å². The van der Waals surface area contributed by atoms with Crippen molar-refractivity contribution >= 4 is 41.4 Å². The molecule has 12 nitrogen and oxygen atoms in total. The monoisotopic (exact) mass is 553 g/mol. The van der Waals surface area contributed by atoms with Crippen LogP contribution in [0.15, 0.2) is 30.3 Å². The minimum Gasteiger partial charge on any atom is -0.481 e. The summed E-state index contributed by atoms with van der Waals surface area (Å²) in [6.07, 6.45) is 2.95. The van der Waals surface area contributed by atoms with E-state index in [0.717, 1.165) is 5.56 Å². The molecule has 0 saturated heterocycles. The first kappa shape index (κ1) is 32.9. The van der Waals surface area contributed by atoms with Crippen LogP contribution < -0.4 is 27.4 Å². The number of thioether (sulfide) groups is 1. The smallest absolute Gasteiger partial charge is 0.326 e. The number of hydrogen-bond donors (Lipinski definition) is 7. The van der Waals surface area contributed by atoms with E-state index in [2.05, 4.69) is 16.0 Å². The van der Waals surface area contributed by atoms with Gasteiger partial charge in [-0.25, -0.2) is 4.79 Å². The Labute approximate surface area is 226 Å². The van der Waals surface area contributed by atoms with Crippen LogP contribution in [-0.2, 0) is 30.4 Å². The summed E-state index contributed by atoms with van der Waals surface area (Å²) in [6, 6.07) is 4.80. The Morgan fingerprint density at radius 1 is 0.842 bits per heavy atom. The lowest BCUT2D eigenvalue weighted by molar-refractivity contribution is -0.143. The maximum Gasteiger partial charge on any atom is 0.326 e. The zero-order valence-corrected chi connectivity index (χ0v) is 22.4. The van der Waals surface area contributed by atoms with Crippen molar-refractivity contribution in [2.45, 2.75) is 69.1 Å². The predicted molar refractivity (Wildman–Crippen MR) is 144 cm³/mol. The lowest BCUT2D eigenvalue weighted by Crippen LogP contribution is -2.57. The number of carbonyl (C=O) groups is 5. The molecule has 0 heterocycles. The fourth-order valence-electron chi connectivity index (χ4n) is 3.58. The number of nitrogens with one attached hydrogen (secondary N) is 3. The van der Waals surface area contributed by atoms with Gasteiger partial charge in [-0.1, -0.05) is 30.3 Å². The minimum atomic E-state index is -1.43. The second-order valence-corrected chi connectivity index (χ2v) is 9.80. The minimum absolute atomic E-state index is 0.195. The number of hydrogen-bond acceptors (Lipinski definition) is 8. The SMILES string of the molecule is CSCCC(NC(=O)C(CCCCN)NC(=O)C(N)Cc1ccccc1)C(=O)NC(CCC(=O)O)C(=O)O. The molecule has 1 rings (SSSR count). The van der Waals surface area contributed by atoms with E-state index in [0.29, 0.717) is 25.1 Å². The van der Waals surface area contributed by atoms with Gasteiger partial charge in [-0.15, -0.1) is 0 Å². The molecule has 38 heavy (non-hydrogen) atoms. The fourth-order valence-corrected chi connectivity index (χ4v) is 4.05.